The van der Waals surface area contributed by atoms with Gasteiger partial charge in [0.15, 0.2) is 0 Å². The number of aryl methyl sites for hydroxylation is 1. The van der Waals surface area contributed by atoms with Gasteiger partial charge in [0, 0.05) is 43.0 Å². The molecule has 5 rings (SSSR count). The van der Waals surface area contributed by atoms with Crippen LogP contribution in [0, 0.1) is 6.92 Å². The van der Waals surface area contributed by atoms with Crippen LogP contribution in [0.1, 0.15) is 11.1 Å². The maximum absolute atomic E-state index is 12.8. The number of nitrogens with zero attached hydrogens (tertiary/aromatic N) is 2. The standard InChI is InChI=1S/C28H29N3O4/c1-19-7-3-4-8-20(19)15-28(33)31-13-11-30(12-14-31)18-27(32)29-23-17-25-22(16-26(23)34-2)21-9-5-6-10-24(21)35-25/h3-10,16-17H,11-15,18H2,1-2H3,(H,29,32). The molecule has 0 radical (unpaired) electrons. The first-order valence-electron chi connectivity index (χ1n) is 11.9. The zero-order valence-corrected chi connectivity index (χ0v) is 20.0. The zero-order chi connectivity index (χ0) is 24.4. The molecule has 180 valence electrons. The fourth-order valence-electron chi connectivity index (χ4n) is 4.65. The van der Waals surface area contributed by atoms with Gasteiger partial charge in [0.25, 0.3) is 0 Å². The van der Waals surface area contributed by atoms with Gasteiger partial charge in [-0.05, 0) is 30.2 Å². The van der Waals surface area contributed by atoms with Gasteiger partial charge in [-0.25, -0.2) is 0 Å². The van der Waals surface area contributed by atoms with Gasteiger partial charge in [-0.15, -0.1) is 0 Å². The summed E-state index contributed by atoms with van der Waals surface area (Å²) in [5, 5.41) is 4.93. The van der Waals surface area contributed by atoms with Gasteiger partial charge in [-0.1, -0.05) is 42.5 Å². The van der Waals surface area contributed by atoms with Crippen molar-refractivity contribution >= 4 is 39.4 Å². The average Bonchev–Trinajstić information content (AvgIpc) is 3.22. The molecule has 1 fully saturated rings. The molecule has 1 aliphatic rings. The molecule has 35 heavy (non-hydrogen) atoms. The number of furan rings is 1. The van der Waals surface area contributed by atoms with Gasteiger partial charge < -0.3 is 19.4 Å². The number of nitrogens with one attached hydrogen (secondary N) is 1. The normalized spacial score (nSPS) is 14.4. The van der Waals surface area contributed by atoms with Gasteiger partial charge in [0.1, 0.15) is 16.9 Å². The van der Waals surface area contributed by atoms with E-state index in [9.17, 15) is 9.59 Å². The molecule has 1 N–H and O–H groups in total. The van der Waals surface area contributed by atoms with Crippen molar-refractivity contribution in [2.75, 3.05) is 45.2 Å². The minimum absolute atomic E-state index is 0.126. The lowest BCUT2D eigenvalue weighted by atomic mass is 10.1. The Morgan fingerprint density at radius 3 is 2.46 bits per heavy atom. The summed E-state index contributed by atoms with van der Waals surface area (Å²) in [7, 11) is 1.59. The number of anilines is 1. The first kappa shape index (κ1) is 22.9. The van der Waals surface area contributed by atoms with E-state index in [-0.39, 0.29) is 18.4 Å². The Balaban J connectivity index is 1.19. The molecule has 1 aliphatic heterocycles. The first-order valence-corrected chi connectivity index (χ1v) is 11.9. The molecule has 0 atom stereocenters. The second-order valence-electron chi connectivity index (χ2n) is 8.96. The predicted molar refractivity (Wildman–Crippen MR) is 137 cm³/mol. The van der Waals surface area contributed by atoms with Crippen molar-refractivity contribution < 1.29 is 18.7 Å². The third-order valence-corrected chi connectivity index (χ3v) is 6.67. The first-order chi connectivity index (χ1) is 17.0. The van der Waals surface area contributed by atoms with Gasteiger partial charge in [0.2, 0.25) is 11.8 Å². The number of piperazine rings is 1. The van der Waals surface area contributed by atoms with Gasteiger partial charge >= 0.3 is 0 Å². The van der Waals surface area contributed by atoms with E-state index in [1.54, 1.807) is 7.11 Å². The molecular formula is C28H29N3O4. The van der Waals surface area contributed by atoms with Crippen LogP contribution >= 0.6 is 0 Å². The lowest BCUT2D eigenvalue weighted by Gasteiger charge is -2.34. The molecule has 2 amide bonds. The van der Waals surface area contributed by atoms with E-state index in [1.807, 2.05) is 72.5 Å². The third-order valence-electron chi connectivity index (χ3n) is 6.67. The highest BCUT2D eigenvalue weighted by atomic mass is 16.5. The van der Waals surface area contributed by atoms with Crippen LogP contribution in [0.2, 0.25) is 0 Å². The van der Waals surface area contributed by atoms with Crippen LogP contribution in [0.4, 0.5) is 5.69 Å². The number of hydrogen-bond acceptors (Lipinski definition) is 5. The van der Waals surface area contributed by atoms with Crippen LogP contribution in [0.15, 0.2) is 65.1 Å². The number of methoxy groups -OCH3 is 1. The number of ether oxygens (including phenoxy) is 1. The summed E-state index contributed by atoms with van der Waals surface area (Å²) in [4.78, 5) is 29.5. The Kier molecular flexibility index (Phi) is 6.42. The molecule has 2 heterocycles. The fraction of sp³-hybridized carbons (Fsp3) is 0.286. The molecule has 0 spiro atoms. The number of hydrogen-bond donors (Lipinski definition) is 1. The summed E-state index contributed by atoms with van der Waals surface area (Å²) in [6.45, 7) is 4.83. The van der Waals surface area contributed by atoms with E-state index in [4.69, 9.17) is 9.15 Å². The predicted octanol–water partition coefficient (Wildman–Crippen LogP) is 4.23. The number of fused-ring (bicyclic) bond motifs is 3. The molecule has 0 bridgehead atoms. The maximum atomic E-state index is 12.8. The van der Waals surface area contributed by atoms with E-state index in [0.29, 0.717) is 49.6 Å². The summed E-state index contributed by atoms with van der Waals surface area (Å²) in [6, 6.07) is 19.5. The van der Waals surface area contributed by atoms with E-state index in [0.717, 1.165) is 27.5 Å². The number of rotatable bonds is 6. The summed E-state index contributed by atoms with van der Waals surface area (Å²) < 4.78 is 11.5. The number of para-hydroxylation sites is 1. The lowest BCUT2D eigenvalue weighted by molar-refractivity contribution is -0.132. The van der Waals surface area contributed by atoms with Gasteiger partial charge in [-0.3, -0.25) is 14.5 Å². The minimum Gasteiger partial charge on any atom is -0.495 e. The van der Waals surface area contributed by atoms with Gasteiger partial charge in [-0.2, -0.15) is 0 Å². The van der Waals surface area contributed by atoms with Crippen molar-refractivity contribution in [3.05, 3.63) is 71.8 Å². The largest absolute Gasteiger partial charge is 0.495 e. The highest BCUT2D eigenvalue weighted by molar-refractivity contribution is 6.07. The Labute approximate surface area is 204 Å². The van der Waals surface area contributed by atoms with Crippen LogP contribution in [0.5, 0.6) is 5.75 Å². The third kappa shape index (κ3) is 4.86. The number of amides is 2. The van der Waals surface area contributed by atoms with Crippen LogP contribution in [0.25, 0.3) is 21.9 Å². The Morgan fingerprint density at radius 1 is 0.943 bits per heavy atom. The second kappa shape index (κ2) is 9.80. The average molecular weight is 472 g/mol. The van der Waals surface area contributed by atoms with Crippen molar-refractivity contribution in [1.82, 2.24) is 9.80 Å². The lowest BCUT2D eigenvalue weighted by Crippen LogP contribution is -2.50. The molecular weight excluding hydrogens is 442 g/mol. The van der Waals surface area contributed by atoms with Crippen LogP contribution in [-0.4, -0.2) is 61.4 Å². The maximum Gasteiger partial charge on any atom is 0.238 e. The highest BCUT2D eigenvalue weighted by Gasteiger charge is 2.23. The Hall–Kier alpha value is -3.84. The highest BCUT2D eigenvalue weighted by Crippen LogP contribution is 2.36. The molecule has 7 heteroatoms. The molecule has 0 saturated carbocycles. The molecule has 0 aliphatic carbocycles. The molecule has 0 unspecified atom stereocenters. The van der Waals surface area contributed by atoms with E-state index in [1.165, 1.54) is 0 Å². The van der Waals surface area contributed by atoms with E-state index in [2.05, 4.69) is 10.2 Å². The van der Waals surface area contributed by atoms with Crippen LogP contribution in [-0.2, 0) is 16.0 Å². The number of benzene rings is 3. The molecule has 1 saturated heterocycles. The van der Waals surface area contributed by atoms with Crippen LogP contribution < -0.4 is 10.1 Å². The Bertz CT molecular complexity index is 1390. The minimum atomic E-state index is -0.126. The van der Waals surface area contributed by atoms with Crippen LogP contribution in [0.3, 0.4) is 0 Å². The quantitative estimate of drug-likeness (QED) is 0.456. The summed E-state index contributed by atoms with van der Waals surface area (Å²) in [5.41, 5.74) is 4.27. The zero-order valence-electron chi connectivity index (χ0n) is 20.0. The molecule has 4 aromatic rings. The number of carbonyl (C=O) groups excluding carboxylic acids is 2. The molecule has 7 nitrogen and oxygen atoms in total. The van der Waals surface area contributed by atoms with Crippen molar-refractivity contribution in [3.8, 4) is 5.75 Å². The van der Waals surface area contributed by atoms with E-state index >= 15 is 0 Å². The summed E-state index contributed by atoms with van der Waals surface area (Å²) in [5.74, 6) is 0.592. The van der Waals surface area contributed by atoms with E-state index < -0.39 is 0 Å². The summed E-state index contributed by atoms with van der Waals surface area (Å²) in [6.07, 6.45) is 0.414. The van der Waals surface area contributed by atoms with Crippen molar-refractivity contribution in [3.63, 3.8) is 0 Å². The second-order valence-corrected chi connectivity index (χ2v) is 8.96. The Morgan fingerprint density at radius 2 is 1.69 bits per heavy atom. The number of carbonyl (C=O) groups is 2. The van der Waals surface area contributed by atoms with Crippen molar-refractivity contribution in [2.45, 2.75) is 13.3 Å². The van der Waals surface area contributed by atoms with Crippen molar-refractivity contribution in [1.29, 1.82) is 0 Å². The fourth-order valence-corrected chi connectivity index (χ4v) is 4.65. The summed E-state index contributed by atoms with van der Waals surface area (Å²) >= 11 is 0. The molecule has 1 aromatic heterocycles. The van der Waals surface area contributed by atoms with Gasteiger partial charge in [0.05, 0.1) is 25.8 Å². The smallest absolute Gasteiger partial charge is 0.238 e. The topological polar surface area (TPSA) is 75.0 Å². The SMILES string of the molecule is COc1cc2c(cc1NC(=O)CN1CCN(C(=O)Cc3ccccc3C)CC1)oc1ccccc12. The van der Waals surface area contributed by atoms with Crippen molar-refractivity contribution in [2.24, 2.45) is 0 Å². The monoisotopic (exact) mass is 471 g/mol. The molecule has 3 aromatic carbocycles.